The molecular formula is C6H13BrN2. The number of nitrogens with two attached hydrogens (primary N) is 1. The van der Waals surface area contributed by atoms with Gasteiger partial charge < -0.3 is 0 Å². The molecule has 9 heavy (non-hydrogen) atoms. The maximum Gasteiger partial charge on any atom is 0.0310 e. The molecule has 2 nitrogen and oxygen atoms in total. The van der Waals surface area contributed by atoms with Crippen LogP contribution in [0.1, 0.15) is 0 Å². The Hall–Kier alpha value is -0.120. The van der Waals surface area contributed by atoms with Crippen molar-refractivity contribution in [3.8, 4) is 0 Å². The van der Waals surface area contributed by atoms with Crippen molar-refractivity contribution in [1.29, 1.82) is 0 Å². The van der Waals surface area contributed by atoms with E-state index in [0.29, 0.717) is 13.1 Å². The molecule has 0 saturated heterocycles. The van der Waals surface area contributed by atoms with Gasteiger partial charge in [-0.2, -0.15) is 0 Å². The van der Waals surface area contributed by atoms with Gasteiger partial charge in [0.05, 0.1) is 0 Å². The standard InChI is InChI=1S/C6H12N2.BrH/c1-3-5-8(7)6-4-2;/h3-4H,1-2,5-7H2;1H. The second kappa shape index (κ2) is 7.88. The molecule has 0 amide bonds. The van der Waals surface area contributed by atoms with Gasteiger partial charge in [0.1, 0.15) is 0 Å². The lowest BCUT2D eigenvalue weighted by Crippen LogP contribution is -2.30. The van der Waals surface area contributed by atoms with Crippen molar-refractivity contribution in [2.24, 2.45) is 5.84 Å². The third-order valence-electron chi connectivity index (χ3n) is 0.727. The summed E-state index contributed by atoms with van der Waals surface area (Å²) >= 11 is 0. The minimum Gasteiger partial charge on any atom is -0.268 e. The van der Waals surface area contributed by atoms with E-state index < -0.39 is 0 Å². The fraction of sp³-hybridized carbons (Fsp3) is 0.333. The summed E-state index contributed by atoms with van der Waals surface area (Å²) in [6, 6.07) is 0. The van der Waals surface area contributed by atoms with Crippen LogP contribution in [0.15, 0.2) is 25.3 Å². The molecular weight excluding hydrogens is 180 g/mol. The van der Waals surface area contributed by atoms with E-state index >= 15 is 0 Å². The molecule has 0 radical (unpaired) electrons. The SMILES string of the molecule is Br.C=CCN(N)CC=C. The van der Waals surface area contributed by atoms with Crippen molar-refractivity contribution in [3.05, 3.63) is 25.3 Å². The van der Waals surface area contributed by atoms with E-state index in [0.717, 1.165) is 0 Å². The van der Waals surface area contributed by atoms with E-state index in [9.17, 15) is 0 Å². The van der Waals surface area contributed by atoms with Gasteiger partial charge in [0.15, 0.2) is 0 Å². The molecule has 0 aliphatic rings. The molecule has 0 aromatic heterocycles. The monoisotopic (exact) mass is 192 g/mol. The molecule has 2 N–H and O–H groups in total. The summed E-state index contributed by atoms with van der Waals surface area (Å²) < 4.78 is 0. The molecule has 54 valence electrons. The van der Waals surface area contributed by atoms with Crippen LogP contribution in [0, 0.1) is 0 Å². The third kappa shape index (κ3) is 7.88. The van der Waals surface area contributed by atoms with Crippen LogP contribution >= 0.6 is 17.0 Å². The van der Waals surface area contributed by atoms with Crippen molar-refractivity contribution in [2.75, 3.05) is 13.1 Å². The summed E-state index contributed by atoms with van der Waals surface area (Å²) in [7, 11) is 0. The van der Waals surface area contributed by atoms with Gasteiger partial charge >= 0.3 is 0 Å². The van der Waals surface area contributed by atoms with Gasteiger partial charge in [-0.05, 0) is 0 Å². The van der Waals surface area contributed by atoms with Crippen molar-refractivity contribution in [2.45, 2.75) is 0 Å². The molecule has 0 rings (SSSR count). The lowest BCUT2D eigenvalue weighted by molar-refractivity contribution is 0.351. The predicted molar refractivity (Wildman–Crippen MR) is 46.5 cm³/mol. The number of hydrazine groups is 1. The zero-order chi connectivity index (χ0) is 6.41. The Morgan fingerprint density at radius 1 is 1.22 bits per heavy atom. The van der Waals surface area contributed by atoms with Gasteiger partial charge in [-0.1, -0.05) is 12.2 Å². The molecule has 0 bridgehead atoms. The van der Waals surface area contributed by atoms with Crippen LogP contribution in [0.4, 0.5) is 0 Å². The normalized spacial score (nSPS) is 8.22. The van der Waals surface area contributed by atoms with Crippen molar-refractivity contribution < 1.29 is 0 Å². The summed E-state index contributed by atoms with van der Waals surface area (Å²) in [5.41, 5.74) is 0. The van der Waals surface area contributed by atoms with Crippen LogP contribution < -0.4 is 5.84 Å². The highest BCUT2D eigenvalue weighted by Gasteiger charge is 1.86. The zero-order valence-corrected chi connectivity index (χ0v) is 7.13. The van der Waals surface area contributed by atoms with Crippen LogP contribution in [-0.4, -0.2) is 18.1 Å². The average molecular weight is 193 g/mol. The second-order valence-corrected chi connectivity index (χ2v) is 1.53. The first-order valence-electron chi connectivity index (χ1n) is 2.52. The largest absolute Gasteiger partial charge is 0.268 e. The zero-order valence-electron chi connectivity index (χ0n) is 5.42. The van der Waals surface area contributed by atoms with Crippen molar-refractivity contribution >= 4 is 17.0 Å². The maximum atomic E-state index is 5.39. The van der Waals surface area contributed by atoms with E-state index in [2.05, 4.69) is 13.2 Å². The maximum absolute atomic E-state index is 5.39. The van der Waals surface area contributed by atoms with E-state index in [1.165, 1.54) is 0 Å². The van der Waals surface area contributed by atoms with Crippen LogP contribution in [0.3, 0.4) is 0 Å². The van der Waals surface area contributed by atoms with E-state index in [4.69, 9.17) is 5.84 Å². The molecule has 0 aliphatic carbocycles. The molecule has 0 saturated carbocycles. The van der Waals surface area contributed by atoms with Crippen LogP contribution in [0.25, 0.3) is 0 Å². The predicted octanol–water partition coefficient (Wildman–Crippen LogP) is 1.11. The molecule has 0 unspecified atom stereocenters. The average Bonchev–Trinajstić information content (AvgIpc) is 1.68. The highest BCUT2D eigenvalue weighted by molar-refractivity contribution is 8.93. The van der Waals surface area contributed by atoms with Gasteiger partial charge in [-0.25, -0.2) is 5.01 Å². The number of halogens is 1. The smallest absolute Gasteiger partial charge is 0.0310 e. The number of hydrogen-bond acceptors (Lipinski definition) is 2. The lowest BCUT2D eigenvalue weighted by atomic mass is 10.5. The molecule has 0 atom stereocenters. The fourth-order valence-electron chi connectivity index (χ4n) is 0.406. The molecule has 0 aliphatic heterocycles. The molecule has 3 heteroatoms. The molecule has 0 aromatic carbocycles. The van der Waals surface area contributed by atoms with Gasteiger partial charge in [-0.3, -0.25) is 5.84 Å². The Kier molecular flexibility index (Phi) is 10.2. The van der Waals surface area contributed by atoms with E-state index in [1.807, 2.05) is 0 Å². The summed E-state index contributed by atoms with van der Waals surface area (Å²) in [6.07, 6.45) is 3.51. The highest BCUT2D eigenvalue weighted by Crippen LogP contribution is 1.75. The summed E-state index contributed by atoms with van der Waals surface area (Å²) in [5, 5.41) is 1.62. The minimum atomic E-state index is 0. The first kappa shape index (κ1) is 11.6. The molecule has 0 heterocycles. The first-order chi connectivity index (χ1) is 3.81. The third-order valence-corrected chi connectivity index (χ3v) is 0.727. The lowest BCUT2D eigenvalue weighted by Gasteiger charge is -2.08. The van der Waals surface area contributed by atoms with Gasteiger partial charge in [0.25, 0.3) is 0 Å². The number of rotatable bonds is 4. The minimum absolute atomic E-state index is 0. The Balaban J connectivity index is 0. The Morgan fingerprint density at radius 2 is 1.56 bits per heavy atom. The summed E-state index contributed by atoms with van der Waals surface area (Å²) in [6.45, 7) is 8.48. The Bertz CT molecular complexity index is 73.1. The highest BCUT2D eigenvalue weighted by atomic mass is 79.9. The number of nitrogens with zero attached hydrogens (tertiary/aromatic N) is 1. The first-order valence-corrected chi connectivity index (χ1v) is 2.52. The fourth-order valence-corrected chi connectivity index (χ4v) is 0.406. The topological polar surface area (TPSA) is 29.3 Å². The van der Waals surface area contributed by atoms with Gasteiger partial charge in [0, 0.05) is 13.1 Å². The molecule has 0 aromatic rings. The van der Waals surface area contributed by atoms with Crippen molar-refractivity contribution in [3.63, 3.8) is 0 Å². The molecule has 0 spiro atoms. The second-order valence-electron chi connectivity index (χ2n) is 1.53. The van der Waals surface area contributed by atoms with E-state index in [1.54, 1.807) is 17.2 Å². The quantitative estimate of drug-likeness (QED) is 0.411. The summed E-state index contributed by atoms with van der Waals surface area (Å²) in [5.74, 6) is 5.39. The Labute approximate surface area is 66.8 Å². The summed E-state index contributed by atoms with van der Waals surface area (Å²) in [4.78, 5) is 0. The van der Waals surface area contributed by atoms with Crippen LogP contribution in [-0.2, 0) is 0 Å². The van der Waals surface area contributed by atoms with Crippen LogP contribution in [0.5, 0.6) is 0 Å². The molecule has 0 fully saturated rings. The Morgan fingerprint density at radius 3 is 1.78 bits per heavy atom. The number of hydrogen-bond donors (Lipinski definition) is 1. The van der Waals surface area contributed by atoms with Crippen molar-refractivity contribution in [1.82, 2.24) is 5.01 Å². The van der Waals surface area contributed by atoms with E-state index in [-0.39, 0.29) is 17.0 Å². The van der Waals surface area contributed by atoms with Gasteiger partial charge in [-0.15, -0.1) is 30.1 Å². The van der Waals surface area contributed by atoms with Crippen LogP contribution in [0.2, 0.25) is 0 Å². The van der Waals surface area contributed by atoms with Gasteiger partial charge in [0.2, 0.25) is 0 Å².